The Morgan fingerprint density at radius 3 is 2.73 bits per heavy atom. The Bertz CT molecular complexity index is 357. The number of ketones is 1. The minimum atomic E-state index is -0.192. The van der Waals surface area contributed by atoms with Gasteiger partial charge in [0.05, 0.1) is 6.20 Å². The smallest absolute Gasteiger partial charge is 0.154 e. The van der Waals surface area contributed by atoms with Gasteiger partial charge < -0.3 is 4.90 Å². The summed E-state index contributed by atoms with van der Waals surface area (Å²) in [4.78, 5) is 13.4. The van der Waals surface area contributed by atoms with Crippen LogP contribution in [-0.4, -0.2) is 29.2 Å². The van der Waals surface area contributed by atoms with Crippen LogP contribution in [0.25, 0.3) is 0 Å². The van der Waals surface area contributed by atoms with E-state index in [-0.39, 0.29) is 11.8 Å². The Morgan fingerprint density at radius 1 is 1.67 bits per heavy atom. The van der Waals surface area contributed by atoms with Gasteiger partial charge in [0.2, 0.25) is 0 Å². The number of hydrogen-bond donors (Lipinski definition) is 0. The molecule has 1 rings (SSSR count). The predicted octanol–water partition coefficient (Wildman–Crippen LogP) is 1.80. The van der Waals surface area contributed by atoms with E-state index >= 15 is 0 Å². The number of aryl methyl sites for hydroxylation is 1. The van der Waals surface area contributed by atoms with Gasteiger partial charge in [0.25, 0.3) is 0 Å². The Hall–Kier alpha value is -1.32. The number of aromatic nitrogens is 2. The first-order valence-electron chi connectivity index (χ1n) is 5.24. The highest BCUT2D eigenvalue weighted by Crippen LogP contribution is 2.22. The van der Waals surface area contributed by atoms with E-state index in [1.807, 2.05) is 20.9 Å². The number of hydrogen-bond acceptors (Lipinski definition) is 3. The molecular weight excluding hydrogens is 190 g/mol. The van der Waals surface area contributed by atoms with Gasteiger partial charge in [-0.05, 0) is 27.7 Å². The highest BCUT2D eigenvalue weighted by Gasteiger charge is 2.18. The maximum Gasteiger partial charge on any atom is 0.154 e. The van der Waals surface area contributed by atoms with E-state index in [0.717, 1.165) is 17.9 Å². The van der Waals surface area contributed by atoms with Gasteiger partial charge in [-0.1, -0.05) is 0 Å². The number of nitrogens with zero attached hydrogens (tertiary/aromatic N) is 3. The number of rotatable bonds is 4. The fraction of sp³-hybridized carbons (Fsp3) is 0.636. The van der Waals surface area contributed by atoms with Crippen molar-refractivity contribution in [2.24, 2.45) is 0 Å². The zero-order chi connectivity index (χ0) is 11.6. The first kappa shape index (κ1) is 11.8. The van der Waals surface area contributed by atoms with Crippen LogP contribution in [0.4, 0.5) is 5.82 Å². The number of Topliss-reactive ketones (excluding diaryl/α,β-unsaturated/α-hetero) is 1. The minimum Gasteiger partial charge on any atom is -0.360 e. The van der Waals surface area contributed by atoms with Crippen LogP contribution in [0.2, 0.25) is 0 Å². The van der Waals surface area contributed by atoms with E-state index in [9.17, 15) is 4.79 Å². The highest BCUT2D eigenvalue weighted by molar-refractivity contribution is 5.80. The van der Waals surface area contributed by atoms with Crippen molar-refractivity contribution in [3.05, 3.63) is 11.8 Å². The molecule has 0 bridgehead atoms. The number of carbonyl (C=O) groups excluding carboxylic acids is 1. The molecule has 15 heavy (non-hydrogen) atoms. The predicted molar refractivity (Wildman–Crippen MR) is 61.3 cm³/mol. The second-order valence-corrected chi connectivity index (χ2v) is 3.90. The van der Waals surface area contributed by atoms with E-state index in [2.05, 4.69) is 16.9 Å². The van der Waals surface area contributed by atoms with E-state index in [4.69, 9.17) is 0 Å². The van der Waals surface area contributed by atoms with Crippen LogP contribution in [0.5, 0.6) is 0 Å². The van der Waals surface area contributed by atoms with Crippen molar-refractivity contribution >= 4 is 11.6 Å². The fourth-order valence-corrected chi connectivity index (χ4v) is 1.52. The Morgan fingerprint density at radius 2 is 2.27 bits per heavy atom. The molecule has 1 unspecified atom stereocenters. The molecule has 84 valence electrons. The van der Waals surface area contributed by atoms with Gasteiger partial charge in [-0.2, -0.15) is 5.10 Å². The third-order valence-corrected chi connectivity index (χ3v) is 2.74. The second kappa shape index (κ2) is 4.47. The van der Waals surface area contributed by atoms with E-state index in [1.54, 1.807) is 17.8 Å². The normalized spacial score (nSPS) is 12.6. The summed E-state index contributed by atoms with van der Waals surface area (Å²) in [6.45, 7) is 8.46. The van der Waals surface area contributed by atoms with Gasteiger partial charge in [0, 0.05) is 19.2 Å². The van der Waals surface area contributed by atoms with Crippen LogP contribution in [0.1, 0.15) is 32.4 Å². The fourth-order valence-electron chi connectivity index (χ4n) is 1.52. The average Bonchev–Trinajstić information content (AvgIpc) is 2.57. The summed E-state index contributed by atoms with van der Waals surface area (Å²) < 4.78 is 1.79. The van der Waals surface area contributed by atoms with Crippen molar-refractivity contribution in [3.8, 4) is 0 Å². The third-order valence-electron chi connectivity index (χ3n) is 2.74. The van der Waals surface area contributed by atoms with Crippen molar-refractivity contribution in [1.29, 1.82) is 0 Å². The zero-order valence-corrected chi connectivity index (χ0v) is 10.1. The maximum absolute atomic E-state index is 11.3. The summed E-state index contributed by atoms with van der Waals surface area (Å²) in [5, 5.41) is 4.26. The summed E-state index contributed by atoms with van der Waals surface area (Å²) in [5.41, 5.74) is 1.10. The number of carbonyl (C=O) groups is 1. The Kier molecular flexibility index (Phi) is 3.50. The Labute approximate surface area is 90.9 Å². The molecule has 4 nitrogen and oxygen atoms in total. The molecule has 0 fully saturated rings. The molecule has 0 aliphatic rings. The SMILES string of the molecule is CCN(C)c1c(C)cnn1C(C)C(C)=O. The quantitative estimate of drug-likeness (QED) is 0.759. The van der Waals surface area contributed by atoms with E-state index < -0.39 is 0 Å². The minimum absolute atomic E-state index is 0.129. The molecule has 0 N–H and O–H groups in total. The molecule has 0 spiro atoms. The molecule has 0 radical (unpaired) electrons. The van der Waals surface area contributed by atoms with Gasteiger partial charge in [0.1, 0.15) is 11.9 Å². The van der Waals surface area contributed by atoms with Crippen molar-refractivity contribution in [2.75, 3.05) is 18.5 Å². The molecule has 1 aromatic rings. The molecule has 0 amide bonds. The third kappa shape index (κ3) is 2.19. The van der Waals surface area contributed by atoms with Gasteiger partial charge in [-0.15, -0.1) is 0 Å². The summed E-state index contributed by atoms with van der Waals surface area (Å²) in [6, 6.07) is -0.192. The maximum atomic E-state index is 11.3. The molecule has 1 heterocycles. The molecule has 0 saturated carbocycles. The molecular formula is C11H19N3O. The summed E-state index contributed by atoms with van der Waals surface area (Å²) in [5.74, 6) is 1.16. The van der Waals surface area contributed by atoms with E-state index in [0.29, 0.717) is 0 Å². The van der Waals surface area contributed by atoms with Gasteiger partial charge in [-0.3, -0.25) is 4.79 Å². The first-order valence-corrected chi connectivity index (χ1v) is 5.24. The van der Waals surface area contributed by atoms with Crippen LogP contribution in [0, 0.1) is 6.92 Å². The van der Waals surface area contributed by atoms with Gasteiger partial charge in [-0.25, -0.2) is 4.68 Å². The average molecular weight is 209 g/mol. The van der Waals surface area contributed by atoms with Gasteiger partial charge >= 0.3 is 0 Å². The van der Waals surface area contributed by atoms with Crippen LogP contribution in [0.15, 0.2) is 6.20 Å². The summed E-state index contributed by atoms with van der Waals surface area (Å²) in [7, 11) is 2.01. The van der Waals surface area contributed by atoms with E-state index in [1.165, 1.54) is 0 Å². The summed E-state index contributed by atoms with van der Waals surface area (Å²) >= 11 is 0. The van der Waals surface area contributed by atoms with Gasteiger partial charge in [0.15, 0.2) is 5.78 Å². The molecule has 0 saturated heterocycles. The van der Waals surface area contributed by atoms with Crippen molar-refractivity contribution in [1.82, 2.24) is 9.78 Å². The van der Waals surface area contributed by atoms with Crippen LogP contribution in [-0.2, 0) is 4.79 Å². The molecule has 1 atom stereocenters. The number of anilines is 1. The largest absolute Gasteiger partial charge is 0.360 e. The lowest BCUT2D eigenvalue weighted by molar-refractivity contribution is -0.119. The first-order chi connectivity index (χ1) is 6.99. The zero-order valence-electron chi connectivity index (χ0n) is 10.1. The molecule has 0 aromatic carbocycles. The monoisotopic (exact) mass is 209 g/mol. The molecule has 1 aromatic heterocycles. The van der Waals surface area contributed by atoms with Crippen LogP contribution >= 0.6 is 0 Å². The molecule has 0 aliphatic carbocycles. The van der Waals surface area contributed by atoms with Crippen LogP contribution in [0.3, 0.4) is 0 Å². The Balaban J connectivity index is 3.14. The molecule has 0 aliphatic heterocycles. The second-order valence-electron chi connectivity index (χ2n) is 3.90. The van der Waals surface area contributed by atoms with Crippen molar-refractivity contribution in [3.63, 3.8) is 0 Å². The molecule has 4 heteroatoms. The lowest BCUT2D eigenvalue weighted by Crippen LogP contribution is -2.24. The van der Waals surface area contributed by atoms with Crippen molar-refractivity contribution < 1.29 is 4.79 Å². The van der Waals surface area contributed by atoms with Crippen LogP contribution < -0.4 is 4.90 Å². The standard InChI is InChI=1S/C11H19N3O/c1-6-13(5)11-8(2)7-12-14(11)9(3)10(4)15/h7,9H,6H2,1-5H3. The highest BCUT2D eigenvalue weighted by atomic mass is 16.1. The lowest BCUT2D eigenvalue weighted by Gasteiger charge is -2.21. The topological polar surface area (TPSA) is 38.1 Å². The summed E-state index contributed by atoms with van der Waals surface area (Å²) in [6.07, 6.45) is 1.81. The van der Waals surface area contributed by atoms with Crippen molar-refractivity contribution in [2.45, 2.75) is 33.7 Å². The lowest BCUT2D eigenvalue weighted by atomic mass is 10.2.